The molecule has 2 rings (SSSR count). The van der Waals surface area contributed by atoms with E-state index < -0.39 is 23.2 Å². The van der Waals surface area contributed by atoms with Crippen LogP contribution in [-0.4, -0.2) is 21.0 Å². The van der Waals surface area contributed by atoms with E-state index in [4.69, 9.17) is 0 Å². The minimum absolute atomic E-state index is 0.0476. The first kappa shape index (κ1) is 12.7. The Labute approximate surface area is 106 Å². The number of aromatic nitrogens is 2. The van der Waals surface area contributed by atoms with Crippen molar-refractivity contribution in [2.45, 2.75) is 6.42 Å². The van der Waals surface area contributed by atoms with Crippen molar-refractivity contribution in [1.82, 2.24) is 9.97 Å². The molecule has 19 heavy (non-hydrogen) atoms. The smallest absolute Gasteiger partial charge is 0.278 e. The van der Waals surface area contributed by atoms with Crippen molar-refractivity contribution in [3.63, 3.8) is 0 Å². The summed E-state index contributed by atoms with van der Waals surface area (Å²) < 4.78 is 12.7. The van der Waals surface area contributed by atoms with Crippen LogP contribution < -0.4 is 10.9 Å². The van der Waals surface area contributed by atoms with Crippen LogP contribution in [0.3, 0.4) is 0 Å². The molecule has 1 amide bonds. The number of halogens is 1. The normalized spacial score (nSPS) is 10.2. The molecule has 1 heterocycles. The zero-order valence-electron chi connectivity index (χ0n) is 9.68. The molecule has 0 aliphatic rings. The quantitative estimate of drug-likeness (QED) is 0.763. The lowest BCUT2D eigenvalue weighted by Gasteiger charge is -2.05. The Morgan fingerprint density at radius 1 is 1.37 bits per heavy atom. The van der Waals surface area contributed by atoms with Gasteiger partial charge < -0.3 is 15.4 Å². The van der Waals surface area contributed by atoms with Gasteiger partial charge in [0.05, 0.1) is 12.7 Å². The summed E-state index contributed by atoms with van der Waals surface area (Å²) in [4.78, 5) is 28.7. The standard InChI is InChI=1S/C12H10FN3O3/c13-8-3-1-7(2-4-8)5-9(17)16-10-11(18)14-6-15-12(10)19/h1-4,6H,5H2,(H,16,17)(H2,14,15,18,19). The predicted octanol–water partition coefficient (Wildman–Crippen LogP) is 0.796. The third kappa shape index (κ3) is 3.15. The van der Waals surface area contributed by atoms with Crippen molar-refractivity contribution in [2.24, 2.45) is 0 Å². The maximum Gasteiger partial charge on any atom is 0.278 e. The molecular weight excluding hydrogens is 253 g/mol. The van der Waals surface area contributed by atoms with Crippen molar-refractivity contribution in [3.05, 3.63) is 52.3 Å². The second-order valence-corrected chi connectivity index (χ2v) is 3.78. The Balaban J connectivity index is 2.10. The van der Waals surface area contributed by atoms with Gasteiger partial charge in [0.15, 0.2) is 5.69 Å². The topological polar surface area (TPSA) is 95.1 Å². The average Bonchev–Trinajstić information content (AvgIpc) is 2.37. The molecule has 0 aliphatic carbocycles. The van der Waals surface area contributed by atoms with Crippen LogP contribution in [0.5, 0.6) is 5.88 Å². The number of carbonyl (C=O) groups excluding carboxylic acids is 1. The number of aromatic amines is 1. The van der Waals surface area contributed by atoms with E-state index in [9.17, 15) is 19.1 Å². The fourth-order valence-corrected chi connectivity index (χ4v) is 1.47. The van der Waals surface area contributed by atoms with E-state index in [1.54, 1.807) is 0 Å². The highest BCUT2D eigenvalue weighted by Crippen LogP contribution is 2.13. The summed E-state index contributed by atoms with van der Waals surface area (Å²) in [5.41, 5.74) is -0.381. The SMILES string of the molecule is O=C(Cc1ccc(F)cc1)Nc1c(O)nc[nH]c1=O. The van der Waals surface area contributed by atoms with Crippen molar-refractivity contribution < 1.29 is 14.3 Å². The molecule has 1 aromatic heterocycles. The molecule has 2 aromatic rings. The second kappa shape index (κ2) is 5.30. The van der Waals surface area contributed by atoms with Gasteiger partial charge in [0.25, 0.3) is 5.56 Å². The van der Waals surface area contributed by atoms with E-state index in [0.29, 0.717) is 5.56 Å². The van der Waals surface area contributed by atoms with E-state index in [1.807, 2.05) is 0 Å². The molecule has 1 aromatic carbocycles. The van der Waals surface area contributed by atoms with Gasteiger partial charge in [0.1, 0.15) is 5.82 Å². The van der Waals surface area contributed by atoms with Gasteiger partial charge in [0.2, 0.25) is 11.8 Å². The highest BCUT2D eigenvalue weighted by atomic mass is 19.1. The summed E-state index contributed by atoms with van der Waals surface area (Å²) in [5.74, 6) is -1.47. The van der Waals surface area contributed by atoms with Crippen LogP contribution in [0.15, 0.2) is 35.4 Å². The Morgan fingerprint density at radius 3 is 2.68 bits per heavy atom. The number of anilines is 1. The van der Waals surface area contributed by atoms with Crippen LogP contribution in [0.2, 0.25) is 0 Å². The van der Waals surface area contributed by atoms with Gasteiger partial charge in [-0.3, -0.25) is 9.59 Å². The summed E-state index contributed by atoms with van der Waals surface area (Å²) in [6.45, 7) is 0. The van der Waals surface area contributed by atoms with Crippen LogP contribution in [0.25, 0.3) is 0 Å². The average molecular weight is 263 g/mol. The maximum atomic E-state index is 12.7. The van der Waals surface area contributed by atoms with Gasteiger partial charge in [-0.1, -0.05) is 12.1 Å². The van der Waals surface area contributed by atoms with Gasteiger partial charge in [0, 0.05) is 0 Å². The van der Waals surface area contributed by atoms with E-state index >= 15 is 0 Å². The van der Waals surface area contributed by atoms with Crippen LogP contribution in [0, 0.1) is 5.82 Å². The number of H-pyrrole nitrogens is 1. The van der Waals surface area contributed by atoms with Gasteiger partial charge >= 0.3 is 0 Å². The molecule has 0 spiro atoms. The number of nitrogens with one attached hydrogen (secondary N) is 2. The molecule has 0 fully saturated rings. The Morgan fingerprint density at radius 2 is 2.05 bits per heavy atom. The maximum absolute atomic E-state index is 12.7. The van der Waals surface area contributed by atoms with Crippen LogP contribution in [-0.2, 0) is 11.2 Å². The van der Waals surface area contributed by atoms with Crippen LogP contribution in [0.4, 0.5) is 10.1 Å². The van der Waals surface area contributed by atoms with E-state index in [1.165, 1.54) is 24.3 Å². The van der Waals surface area contributed by atoms with Crippen molar-refractivity contribution >= 4 is 11.6 Å². The van der Waals surface area contributed by atoms with E-state index in [0.717, 1.165) is 6.33 Å². The fraction of sp³-hybridized carbons (Fsp3) is 0.0833. The number of hydrogen-bond acceptors (Lipinski definition) is 4. The van der Waals surface area contributed by atoms with E-state index in [2.05, 4.69) is 15.3 Å². The molecule has 0 radical (unpaired) electrons. The molecule has 0 bridgehead atoms. The highest BCUT2D eigenvalue weighted by molar-refractivity contribution is 5.93. The second-order valence-electron chi connectivity index (χ2n) is 3.78. The molecule has 0 saturated heterocycles. The lowest BCUT2D eigenvalue weighted by Crippen LogP contribution is -2.21. The number of benzene rings is 1. The van der Waals surface area contributed by atoms with Gasteiger partial charge in [-0.25, -0.2) is 9.37 Å². The molecule has 0 saturated carbocycles. The van der Waals surface area contributed by atoms with Gasteiger partial charge in [-0.2, -0.15) is 0 Å². The van der Waals surface area contributed by atoms with Crippen molar-refractivity contribution in [2.75, 3.05) is 5.32 Å². The number of hydrogen-bond donors (Lipinski definition) is 3. The first-order chi connectivity index (χ1) is 9.06. The molecule has 6 nitrogen and oxygen atoms in total. The summed E-state index contributed by atoms with van der Waals surface area (Å²) in [7, 11) is 0. The summed E-state index contributed by atoms with van der Waals surface area (Å²) in [6, 6.07) is 5.39. The minimum atomic E-state index is -0.653. The summed E-state index contributed by atoms with van der Waals surface area (Å²) in [6.07, 6.45) is 0.974. The monoisotopic (exact) mass is 263 g/mol. The summed E-state index contributed by atoms with van der Waals surface area (Å²) in [5, 5.41) is 11.6. The lowest BCUT2D eigenvalue weighted by molar-refractivity contribution is -0.115. The Bertz CT molecular complexity index is 652. The van der Waals surface area contributed by atoms with Gasteiger partial charge in [-0.05, 0) is 17.7 Å². The Hall–Kier alpha value is -2.70. The predicted molar refractivity (Wildman–Crippen MR) is 65.3 cm³/mol. The first-order valence-electron chi connectivity index (χ1n) is 5.37. The molecule has 0 aliphatic heterocycles. The molecule has 0 unspecified atom stereocenters. The highest BCUT2D eigenvalue weighted by Gasteiger charge is 2.11. The number of nitrogens with zero attached hydrogens (tertiary/aromatic N) is 1. The molecular formula is C12H10FN3O3. The fourth-order valence-electron chi connectivity index (χ4n) is 1.47. The zero-order chi connectivity index (χ0) is 13.8. The third-order valence-corrected chi connectivity index (χ3v) is 2.38. The van der Waals surface area contributed by atoms with Gasteiger partial charge in [-0.15, -0.1) is 0 Å². The lowest BCUT2D eigenvalue weighted by atomic mass is 10.1. The zero-order valence-corrected chi connectivity index (χ0v) is 9.68. The van der Waals surface area contributed by atoms with Crippen molar-refractivity contribution in [3.8, 4) is 5.88 Å². The number of carbonyl (C=O) groups is 1. The molecule has 3 N–H and O–H groups in total. The molecule has 0 atom stereocenters. The summed E-state index contributed by atoms with van der Waals surface area (Å²) >= 11 is 0. The molecule has 98 valence electrons. The van der Waals surface area contributed by atoms with Crippen LogP contribution in [0.1, 0.15) is 5.56 Å². The number of aromatic hydroxyl groups is 1. The Kier molecular flexibility index (Phi) is 3.56. The largest absolute Gasteiger partial charge is 0.492 e. The number of rotatable bonds is 3. The minimum Gasteiger partial charge on any atom is -0.492 e. The van der Waals surface area contributed by atoms with Crippen molar-refractivity contribution in [1.29, 1.82) is 0 Å². The third-order valence-electron chi connectivity index (χ3n) is 2.38. The van der Waals surface area contributed by atoms with E-state index in [-0.39, 0.29) is 12.1 Å². The molecule has 7 heteroatoms. The van der Waals surface area contributed by atoms with Crippen LogP contribution >= 0.6 is 0 Å². The first-order valence-corrected chi connectivity index (χ1v) is 5.37. The number of amides is 1.